The first kappa shape index (κ1) is 15.5. The third-order valence-electron chi connectivity index (χ3n) is 4.38. The Morgan fingerprint density at radius 1 is 1.12 bits per heavy atom. The number of para-hydroxylation sites is 1. The summed E-state index contributed by atoms with van der Waals surface area (Å²) in [5.41, 5.74) is 1.92. The molecule has 1 aromatic heterocycles. The molecule has 4 N–H and O–H groups in total. The van der Waals surface area contributed by atoms with E-state index in [1.54, 1.807) is 0 Å². The van der Waals surface area contributed by atoms with Crippen molar-refractivity contribution in [3.63, 3.8) is 0 Å². The fraction of sp³-hybridized carbons (Fsp3) is 0.467. The Labute approximate surface area is 136 Å². The predicted octanol–water partition coefficient (Wildman–Crippen LogP) is -1.19. The van der Waals surface area contributed by atoms with Crippen LogP contribution < -0.4 is 4.74 Å². The molecule has 0 spiro atoms. The van der Waals surface area contributed by atoms with Gasteiger partial charge in [0.25, 0.3) is 0 Å². The number of benzene rings is 1. The fourth-order valence-corrected chi connectivity index (χ4v) is 3.10. The van der Waals surface area contributed by atoms with Crippen molar-refractivity contribution < 1.29 is 29.9 Å². The van der Waals surface area contributed by atoms with E-state index in [0.29, 0.717) is 17.1 Å². The molecule has 128 valence electrons. The van der Waals surface area contributed by atoms with Crippen molar-refractivity contribution in [1.82, 2.24) is 15.0 Å². The normalized spacial score (nSPS) is 31.9. The quantitative estimate of drug-likeness (QED) is 0.539. The molecule has 9 heteroatoms. The van der Waals surface area contributed by atoms with Crippen LogP contribution >= 0.6 is 0 Å². The summed E-state index contributed by atoms with van der Waals surface area (Å²) in [6.07, 6.45) is -6.43. The number of nitrogens with zero attached hydrogens (tertiary/aromatic N) is 3. The first-order chi connectivity index (χ1) is 11.6. The van der Waals surface area contributed by atoms with Crippen LogP contribution in [0.15, 0.2) is 24.3 Å². The van der Waals surface area contributed by atoms with Crippen molar-refractivity contribution in [2.45, 2.75) is 37.3 Å². The second-order valence-electron chi connectivity index (χ2n) is 5.83. The summed E-state index contributed by atoms with van der Waals surface area (Å²) in [5, 5.41) is 47.6. The van der Waals surface area contributed by atoms with E-state index in [9.17, 15) is 20.4 Å². The van der Waals surface area contributed by atoms with Gasteiger partial charge in [-0.1, -0.05) is 17.3 Å². The lowest BCUT2D eigenvalue weighted by atomic mass is 9.98. The Morgan fingerprint density at radius 3 is 2.71 bits per heavy atom. The van der Waals surface area contributed by atoms with Crippen molar-refractivity contribution in [3.05, 3.63) is 30.0 Å². The molecule has 1 saturated heterocycles. The lowest BCUT2D eigenvalue weighted by Crippen LogP contribution is -2.56. The minimum absolute atomic E-state index is 0.226. The van der Waals surface area contributed by atoms with Crippen molar-refractivity contribution in [2.24, 2.45) is 0 Å². The van der Waals surface area contributed by atoms with E-state index >= 15 is 0 Å². The van der Waals surface area contributed by atoms with E-state index in [2.05, 4.69) is 10.3 Å². The van der Waals surface area contributed by atoms with E-state index < -0.39 is 37.3 Å². The Bertz CT molecular complexity index is 749. The highest BCUT2D eigenvalue weighted by atomic mass is 16.6. The van der Waals surface area contributed by atoms with E-state index in [0.717, 1.165) is 5.56 Å². The van der Waals surface area contributed by atoms with E-state index in [-0.39, 0.29) is 6.61 Å². The number of hydrogen-bond acceptors (Lipinski definition) is 8. The highest BCUT2D eigenvalue weighted by Crippen LogP contribution is 2.39. The third-order valence-corrected chi connectivity index (χ3v) is 4.38. The fourth-order valence-electron chi connectivity index (χ4n) is 3.10. The van der Waals surface area contributed by atoms with Crippen molar-refractivity contribution in [1.29, 1.82) is 0 Å². The largest absolute Gasteiger partial charge is 0.486 e. The smallest absolute Gasteiger partial charge is 0.181 e. The second-order valence-corrected chi connectivity index (χ2v) is 5.83. The van der Waals surface area contributed by atoms with Crippen molar-refractivity contribution in [3.8, 4) is 17.0 Å². The lowest BCUT2D eigenvalue weighted by Gasteiger charge is -2.40. The molecule has 0 saturated carbocycles. The zero-order valence-corrected chi connectivity index (χ0v) is 12.6. The van der Waals surface area contributed by atoms with Crippen LogP contribution in [0.1, 0.15) is 11.9 Å². The standard InChI is InChI=1S/C15H17N3O6/c19-5-10-12(20)13(21)14(22)15(24-10)18-11-7-3-1-2-4-9(7)23-6-8(11)16-17-18/h1-4,10,12-15,19-22H,5-6H2/t10-,12-,13+,14+,15-/m1/s1. The molecule has 1 fully saturated rings. The SMILES string of the molecule is OC[C@H]1O[C@@H](n2nnc3c2-c2ccccc2OC3)[C@@H](O)[C@@H](O)[C@@H]1O. The molecular formula is C15H17N3O6. The zero-order valence-electron chi connectivity index (χ0n) is 12.6. The first-order valence-corrected chi connectivity index (χ1v) is 7.58. The van der Waals surface area contributed by atoms with Gasteiger partial charge in [-0.2, -0.15) is 0 Å². The molecule has 0 bridgehead atoms. The Kier molecular flexibility index (Phi) is 3.74. The first-order valence-electron chi connectivity index (χ1n) is 7.58. The average Bonchev–Trinajstić information content (AvgIpc) is 3.04. The molecule has 2 aromatic rings. The van der Waals surface area contributed by atoms with Gasteiger partial charge in [0.05, 0.1) is 6.61 Å². The molecular weight excluding hydrogens is 318 g/mol. The highest BCUT2D eigenvalue weighted by Gasteiger charge is 2.46. The van der Waals surface area contributed by atoms with Gasteiger partial charge in [0.2, 0.25) is 0 Å². The molecule has 2 aliphatic heterocycles. The summed E-state index contributed by atoms with van der Waals surface area (Å²) < 4.78 is 12.5. The maximum absolute atomic E-state index is 10.3. The van der Waals surface area contributed by atoms with E-state index in [1.807, 2.05) is 24.3 Å². The average molecular weight is 335 g/mol. The van der Waals surface area contributed by atoms with Gasteiger partial charge in [-0.15, -0.1) is 5.10 Å². The van der Waals surface area contributed by atoms with Crippen molar-refractivity contribution in [2.75, 3.05) is 6.61 Å². The van der Waals surface area contributed by atoms with Gasteiger partial charge < -0.3 is 29.9 Å². The summed E-state index contributed by atoms with van der Waals surface area (Å²) in [7, 11) is 0. The van der Waals surface area contributed by atoms with Gasteiger partial charge in [0, 0.05) is 5.56 Å². The van der Waals surface area contributed by atoms with Gasteiger partial charge in [-0.25, -0.2) is 4.68 Å². The number of rotatable bonds is 2. The zero-order chi connectivity index (χ0) is 16.8. The number of hydrogen-bond donors (Lipinski definition) is 4. The number of fused-ring (bicyclic) bond motifs is 3. The molecule has 0 radical (unpaired) electrons. The molecule has 2 aliphatic rings. The third kappa shape index (κ3) is 2.21. The monoisotopic (exact) mass is 335 g/mol. The topological polar surface area (TPSA) is 130 Å². The summed E-state index contributed by atoms with van der Waals surface area (Å²) in [6, 6.07) is 7.31. The molecule has 5 atom stereocenters. The molecule has 1 aromatic carbocycles. The summed E-state index contributed by atoms with van der Waals surface area (Å²) >= 11 is 0. The van der Waals surface area contributed by atoms with Crippen LogP contribution in [0.2, 0.25) is 0 Å². The molecule has 9 nitrogen and oxygen atoms in total. The summed E-state index contributed by atoms with van der Waals surface area (Å²) in [6.45, 7) is -0.276. The molecule has 4 rings (SSSR count). The van der Waals surface area contributed by atoms with Gasteiger partial charge in [-0.05, 0) is 12.1 Å². The molecule has 0 aliphatic carbocycles. The number of aliphatic hydroxyl groups is 4. The Morgan fingerprint density at radius 2 is 1.92 bits per heavy atom. The minimum Gasteiger partial charge on any atom is -0.486 e. The van der Waals surface area contributed by atoms with Crippen LogP contribution in [0.5, 0.6) is 5.75 Å². The highest BCUT2D eigenvalue weighted by molar-refractivity contribution is 5.70. The molecule has 3 heterocycles. The predicted molar refractivity (Wildman–Crippen MR) is 78.8 cm³/mol. The van der Waals surface area contributed by atoms with Crippen LogP contribution in [0.4, 0.5) is 0 Å². The van der Waals surface area contributed by atoms with Gasteiger partial charge in [0.15, 0.2) is 6.23 Å². The maximum Gasteiger partial charge on any atom is 0.181 e. The second kappa shape index (κ2) is 5.80. The minimum atomic E-state index is -1.48. The van der Waals surface area contributed by atoms with Gasteiger partial charge in [-0.3, -0.25) is 0 Å². The number of aromatic nitrogens is 3. The number of aliphatic hydroxyl groups excluding tert-OH is 4. The van der Waals surface area contributed by atoms with Crippen LogP contribution in [-0.2, 0) is 11.3 Å². The van der Waals surface area contributed by atoms with Crippen LogP contribution in [0.3, 0.4) is 0 Å². The van der Waals surface area contributed by atoms with E-state index in [1.165, 1.54) is 4.68 Å². The van der Waals surface area contributed by atoms with Crippen LogP contribution in [0, 0.1) is 0 Å². The molecule has 0 amide bonds. The van der Waals surface area contributed by atoms with E-state index in [4.69, 9.17) is 9.47 Å². The summed E-state index contributed by atoms with van der Waals surface area (Å²) in [5.74, 6) is 0.651. The van der Waals surface area contributed by atoms with Crippen molar-refractivity contribution >= 4 is 0 Å². The number of ether oxygens (including phenoxy) is 2. The molecule has 24 heavy (non-hydrogen) atoms. The van der Waals surface area contributed by atoms with Gasteiger partial charge >= 0.3 is 0 Å². The lowest BCUT2D eigenvalue weighted by molar-refractivity contribution is -0.253. The molecule has 0 unspecified atom stereocenters. The maximum atomic E-state index is 10.3. The summed E-state index contributed by atoms with van der Waals surface area (Å²) in [4.78, 5) is 0. The van der Waals surface area contributed by atoms with Gasteiger partial charge in [0.1, 0.15) is 48.2 Å². The Balaban J connectivity index is 1.78. The Hall–Kier alpha value is -2.04. The van der Waals surface area contributed by atoms with Crippen LogP contribution in [-0.4, -0.2) is 66.4 Å². The van der Waals surface area contributed by atoms with Crippen LogP contribution in [0.25, 0.3) is 11.3 Å².